The first-order valence-corrected chi connectivity index (χ1v) is 12.6. The molecule has 2 fully saturated rings. The molecule has 5 rings (SSSR count). The van der Waals surface area contributed by atoms with Crippen LogP contribution in [-0.4, -0.2) is 41.9 Å². The summed E-state index contributed by atoms with van der Waals surface area (Å²) in [7, 11) is 0. The van der Waals surface area contributed by atoms with Gasteiger partial charge >= 0.3 is 0 Å². The van der Waals surface area contributed by atoms with Crippen molar-refractivity contribution >= 4 is 40.2 Å². The Hall–Kier alpha value is -2.80. The minimum absolute atomic E-state index is 0.184. The van der Waals surface area contributed by atoms with E-state index in [9.17, 15) is 14.4 Å². The maximum atomic E-state index is 12.9. The minimum Gasteiger partial charge on any atom is -0.372 e. The predicted octanol–water partition coefficient (Wildman–Crippen LogP) is 4.08. The van der Waals surface area contributed by atoms with Crippen molar-refractivity contribution in [2.24, 2.45) is 5.92 Å². The van der Waals surface area contributed by atoms with Crippen LogP contribution in [0, 0.1) is 12.8 Å². The summed E-state index contributed by atoms with van der Waals surface area (Å²) < 4.78 is 0. The average molecular weight is 464 g/mol. The minimum atomic E-state index is -0.388. The number of carbonyl (C=O) groups excluding carboxylic acids is 3. The summed E-state index contributed by atoms with van der Waals surface area (Å²) >= 11 is 1.06. The van der Waals surface area contributed by atoms with E-state index in [2.05, 4.69) is 41.4 Å². The number of anilines is 2. The van der Waals surface area contributed by atoms with E-state index in [1.807, 2.05) is 23.1 Å². The summed E-state index contributed by atoms with van der Waals surface area (Å²) in [4.78, 5) is 40.9. The first-order valence-electron chi connectivity index (χ1n) is 11.7. The number of hydrogen-bond donors (Lipinski definition) is 1. The molecule has 1 unspecified atom stereocenters. The normalized spacial score (nSPS) is 21.4. The van der Waals surface area contributed by atoms with Gasteiger partial charge in [-0.3, -0.25) is 19.7 Å². The van der Waals surface area contributed by atoms with Crippen LogP contribution in [0.15, 0.2) is 42.5 Å². The fourth-order valence-corrected chi connectivity index (χ4v) is 6.02. The molecule has 7 heteroatoms. The Kier molecular flexibility index (Phi) is 6.15. The molecule has 3 aliphatic heterocycles. The second-order valence-electron chi connectivity index (χ2n) is 9.27. The van der Waals surface area contributed by atoms with E-state index >= 15 is 0 Å². The van der Waals surface area contributed by atoms with Crippen LogP contribution in [-0.2, 0) is 22.4 Å². The lowest BCUT2D eigenvalue weighted by molar-refractivity contribution is -0.120. The average Bonchev–Trinajstić information content (AvgIpc) is 3.13. The number of imide groups is 1. The highest BCUT2D eigenvalue weighted by atomic mass is 32.2. The SMILES string of the molecule is Cc1ccc(N2CCC(CN3C(=O)CCc4c(CC5SC(=O)NC5=O)cccc43)CC2)cc1. The van der Waals surface area contributed by atoms with Crippen LogP contribution < -0.4 is 15.1 Å². The van der Waals surface area contributed by atoms with Gasteiger partial charge in [0.25, 0.3) is 5.24 Å². The van der Waals surface area contributed by atoms with Gasteiger partial charge in [-0.25, -0.2) is 0 Å². The molecule has 1 N–H and O–H groups in total. The van der Waals surface area contributed by atoms with E-state index in [-0.39, 0.29) is 22.3 Å². The van der Waals surface area contributed by atoms with Crippen LogP contribution in [0.2, 0.25) is 0 Å². The Morgan fingerprint density at radius 1 is 1.00 bits per heavy atom. The van der Waals surface area contributed by atoms with E-state index in [0.717, 1.165) is 61.1 Å². The van der Waals surface area contributed by atoms with Gasteiger partial charge in [-0.05, 0) is 67.9 Å². The third-order valence-corrected chi connectivity index (χ3v) is 8.04. The fraction of sp³-hybridized carbons (Fsp3) is 0.423. The zero-order valence-corrected chi connectivity index (χ0v) is 19.7. The topological polar surface area (TPSA) is 69.7 Å². The van der Waals surface area contributed by atoms with Crippen LogP contribution in [0.25, 0.3) is 0 Å². The van der Waals surface area contributed by atoms with Gasteiger partial charge in [0.15, 0.2) is 0 Å². The summed E-state index contributed by atoms with van der Waals surface area (Å²) in [5.74, 6) is 0.439. The van der Waals surface area contributed by atoms with E-state index in [1.54, 1.807) is 0 Å². The molecule has 6 nitrogen and oxygen atoms in total. The molecule has 3 aliphatic rings. The van der Waals surface area contributed by atoms with Crippen molar-refractivity contribution in [2.45, 2.75) is 44.3 Å². The largest absolute Gasteiger partial charge is 0.372 e. The lowest BCUT2D eigenvalue weighted by atomic mass is 9.90. The van der Waals surface area contributed by atoms with Gasteiger partial charge in [0.05, 0.1) is 5.25 Å². The molecule has 2 aromatic carbocycles. The number of aryl methyl sites for hydroxylation is 1. The first-order chi connectivity index (χ1) is 16.0. The molecule has 0 aromatic heterocycles. The third kappa shape index (κ3) is 4.64. The number of thioether (sulfide) groups is 1. The molecule has 0 spiro atoms. The number of fused-ring (bicyclic) bond motifs is 1. The number of nitrogens with zero attached hydrogens (tertiary/aromatic N) is 2. The van der Waals surface area contributed by atoms with Gasteiger partial charge < -0.3 is 9.80 Å². The summed E-state index contributed by atoms with van der Waals surface area (Å²) in [5, 5.41) is 1.71. The molecule has 0 saturated carbocycles. The van der Waals surface area contributed by atoms with E-state index in [0.29, 0.717) is 25.2 Å². The highest BCUT2D eigenvalue weighted by Gasteiger charge is 2.34. The van der Waals surface area contributed by atoms with Gasteiger partial charge in [-0.15, -0.1) is 0 Å². The Balaban J connectivity index is 1.27. The lowest BCUT2D eigenvalue weighted by Crippen LogP contribution is -2.43. The molecule has 0 radical (unpaired) electrons. The van der Waals surface area contributed by atoms with E-state index in [1.165, 1.54) is 11.3 Å². The molecular formula is C26H29N3O3S. The van der Waals surface area contributed by atoms with Gasteiger partial charge in [0, 0.05) is 37.4 Å². The zero-order valence-electron chi connectivity index (χ0n) is 18.9. The Bertz CT molecular complexity index is 1080. The Labute approximate surface area is 198 Å². The van der Waals surface area contributed by atoms with Crippen molar-refractivity contribution in [2.75, 3.05) is 29.4 Å². The number of nitrogens with one attached hydrogen (secondary N) is 1. The molecule has 172 valence electrons. The van der Waals surface area contributed by atoms with Crippen molar-refractivity contribution in [3.05, 3.63) is 59.2 Å². The van der Waals surface area contributed by atoms with Gasteiger partial charge in [-0.1, -0.05) is 41.6 Å². The standard InChI is InChI=1S/C26H29N3O3S/c1-17-5-7-20(8-6-17)28-13-11-18(12-14-28)16-29-22-4-2-3-19(21(22)9-10-24(29)30)15-23-25(31)27-26(32)33-23/h2-8,18,23H,9-16H2,1H3,(H,27,31,32). The van der Waals surface area contributed by atoms with Crippen molar-refractivity contribution in [3.63, 3.8) is 0 Å². The number of rotatable bonds is 5. The maximum Gasteiger partial charge on any atom is 0.286 e. The van der Waals surface area contributed by atoms with Crippen LogP contribution in [0.3, 0.4) is 0 Å². The molecule has 33 heavy (non-hydrogen) atoms. The molecule has 3 amide bonds. The molecule has 3 heterocycles. The number of hydrogen-bond acceptors (Lipinski definition) is 5. The van der Waals surface area contributed by atoms with Crippen LogP contribution in [0.4, 0.5) is 16.2 Å². The smallest absolute Gasteiger partial charge is 0.286 e. The molecular weight excluding hydrogens is 434 g/mol. The summed E-state index contributed by atoms with van der Waals surface area (Å²) in [6.45, 7) is 4.86. The highest BCUT2D eigenvalue weighted by molar-refractivity contribution is 8.15. The second-order valence-corrected chi connectivity index (χ2v) is 10.4. The van der Waals surface area contributed by atoms with Crippen molar-refractivity contribution in [1.82, 2.24) is 5.32 Å². The van der Waals surface area contributed by atoms with Crippen LogP contribution >= 0.6 is 11.8 Å². The van der Waals surface area contributed by atoms with Crippen molar-refractivity contribution in [1.29, 1.82) is 0 Å². The quantitative estimate of drug-likeness (QED) is 0.724. The zero-order chi connectivity index (χ0) is 22.9. The molecule has 2 aromatic rings. The molecule has 1 atom stereocenters. The first kappa shape index (κ1) is 22.0. The second kappa shape index (κ2) is 9.21. The number of piperidine rings is 1. The summed E-state index contributed by atoms with van der Waals surface area (Å²) in [6.07, 6.45) is 3.83. The van der Waals surface area contributed by atoms with Crippen molar-refractivity contribution in [3.8, 4) is 0 Å². The maximum absolute atomic E-state index is 12.9. The predicted molar refractivity (Wildman–Crippen MR) is 132 cm³/mol. The van der Waals surface area contributed by atoms with Gasteiger partial charge in [0.1, 0.15) is 0 Å². The van der Waals surface area contributed by atoms with Crippen molar-refractivity contribution < 1.29 is 14.4 Å². The summed E-state index contributed by atoms with van der Waals surface area (Å²) in [5.41, 5.74) is 5.76. The van der Waals surface area contributed by atoms with Crippen LogP contribution in [0.5, 0.6) is 0 Å². The number of amides is 3. The van der Waals surface area contributed by atoms with E-state index in [4.69, 9.17) is 0 Å². The molecule has 2 saturated heterocycles. The Morgan fingerprint density at radius 3 is 2.45 bits per heavy atom. The third-order valence-electron chi connectivity index (χ3n) is 7.06. The van der Waals surface area contributed by atoms with Gasteiger partial charge in [0.2, 0.25) is 11.8 Å². The number of carbonyl (C=O) groups is 3. The molecule has 0 aliphatic carbocycles. The van der Waals surface area contributed by atoms with E-state index < -0.39 is 0 Å². The molecule has 0 bridgehead atoms. The lowest BCUT2D eigenvalue weighted by Gasteiger charge is -2.38. The summed E-state index contributed by atoms with van der Waals surface area (Å²) in [6, 6.07) is 14.7. The van der Waals surface area contributed by atoms with Crippen LogP contribution in [0.1, 0.15) is 36.0 Å². The fourth-order valence-electron chi connectivity index (χ4n) is 5.17. The Morgan fingerprint density at radius 2 is 1.76 bits per heavy atom. The highest BCUT2D eigenvalue weighted by Crippen LogP contribution is 2.35. The number of benzene rings is 2. The monoisotopic (exact) mass is 463 g/mol. The van der Waals surface area contributed by atoms with Gasteiger partial charge in [-0.2, -0.15) is 0 Å².